The van der Waals surface area contributed by atoms with Crippen LogP contribution in [0.2, 0.25) is 0 Å². The number of hydrogen-bond donors (Lipinski definition) is 1. The fraction of sp³-hybridized carbons (Fsp3) is 0.588. The summed E-state index contributed by atoms with van der Waals surface area (Å²) in [5, 5.41) is 3.35. The first-order valence-corrected chi connectivity index (χ1v) is 11.4. The van der Waals surface area contributed by atoms with Crippen molar-refractivity contribution in [3.63, 3.8) is 0 Å². The van der Waals surface area contributed by atoms with Crippen LogP contribution in [0.25, 0.3) is 10.2 Å². The molecule has 27 heavy (non-hydrogen) atoms. The van der Waals surface area contributed by atoms with Crippen LogP contribution >= 0.6 is 11.3 Å². The maximum absolute atomic E-state index is 12.7. The number of fused-ring (bicyclic) bond motifs is 2. The molecule has 8 nitrogen and oxygen atoms in total. The van der Waals surface area contributed by atoms with Gasteiger partial charge in [-0.05, 0) is 32.3 Å². The molecule has 148 valence electrons. The number of aryl methyl sites for hydroxylation is 2. The summed E-state index contributed by atoms with van der Waals surface area (Å²) in [6.45, 7) is 4.77. The van der Waals surface area contributed by atoms with Crippen LogP contribution in [0.3, 0.4) is 0 Å². The molecule has 0 aromatic carbocycles. The van der Waals surface area contributed by atoms with Crippen molar-refractivity contribution < 1.29 is 13.2 Å². The van der Waals surface area contributed by atoms with E-state index in [0.717, 1.165) is 18.7 Å². The Balaban J connectivity index is 1.69. The predicted octanol–water partition coefficient (Wildman–Crippen LogP) is 1.11. The Hall–Kier alpha value is -1.78. The summed E-state index contributed by atoms with van der Waals surface area (Å²) in [7, 11) is -1.67. The molecule has 0 radical (unpaired) electrons. The number of nitrogens with one attached hydrogen (secondary N) is 1. The topological polar surface area (TPSA) is 101 Å². The van der Waals surface area contributed by atoms with Gasteiger partial charge in [-0.3, -0.25) is 14.2 Å². The summed E-state index contributed by atoms with van der Waals surface area (Å²) in [5.41, 5.74) is 0.601. The van der Waals surface area contributed by atoms with E-state index < -0.39 is 10.0 Å². The van der Waals surface area contributed by atoms with Gasteiger partial charge in [-0.25, -0.2) is 17.7 Å². The van der Waals surface area contributed by atoms with Crippen LogP contribution in [0.4, 0.5) is 0 Å². The van der Waals surface area contributed by atoms with Crippen LogP contribution in [0, 0.1) is 6.92 Å². The fourth-order valence-corrected chi connectivity index (χ4v) is 5.19. The van der Waals surface area contributed by atoms with Gasteiger partial charge in [0.1, 0.15) is 10.7 Å². The summed E-state index contributed by atoms with van der Waals surface area (Å²) >= 11 is 1.24. The normalized spacial score (nSPS) is 14.1. The van der Waals surface area contributed by atoms with Crippen LogP contribution in [0.5, 0.6) is 0 Å². The first kappa shape index (κ1) is 20.0. The average Bonchev–Trinajstić information content (AvgIpc) is 3.23. The summed E-state index contributed by atoms with van der Waals surface area (Å²) in [4.78, 5) is 30.9. The first-order chi connectivity index (χ1) is 12.8. The Bertz CT molecular complexity index is 1040. The molecule has 0 bridgehead atoms. The van der Waals surface area contributed by atoms with E-state index in [-0.39, 0.29) is 17.2 Å². The molecule has 10 heteroatoms. The Labute approximate surface area is 162 Å². The summed E-state index contributed by atoms with van der Waals surface area (Å²) in [6.07, 6.45) is 2.23. The van der Waals surface area contributed by atoms with E-state index in [4.69, 9.17) is 0 Å². The van der Waals surface area contributed by atoms with Crippen LogP contribution in [0.1, 0.15) is 40.8 Å². The first-order valence-electron chi connectivity index (χ1n) is 9.01. The van der Waals surface area contributed by atoms with Gasteiger partial charge in [0.05, 0.1) is 16.0 Å². The van der Waals surface area contributed by atoms with E-state index in [1.165, 1.54) is 22.7 Å². The van der Waals surface area contributed by atoms with Crippen molar-refractivity contribution in [3.05, 3.63) is 26.6 Å². The monoisotopic (exact) mass is 412 g/mol. The number of thiophene rings is 1. The third-order valence-corrected chi connectivity index (χ3v) is 7.94. The van der Waals surface area contributed by atoms with E-state index in [1.54, 1.807) is 18.4 Å². The quantitative estimate of drug-likeness (QED) is 0.687. The van der Waals surface area contributed by atoms with Gasteiger partial charge in [0, 0.05) is 33.1 Å². The number of aromatic nitrogens is 2. The molecule has 2 aromatic rings. The SMILES string of the molecule is CCS(=O)(=O)N(C)CCCNC(=O)c1sc2nc3n(c(=O)c2c1C)CCC3. The molecule has 0 atom stereocenters. The van der Waals surface area contributed by atoms with Crippen LogP contribution in [-0.4, -0.2) is 54.1 Å². The van der Waals surface area contributed by atoms with E-state index in [9.17, 15) is 18.0 Å². The van der Waals surface area contributed by atoms with Gasteiger partial charge >= 0.3 is 0 Å². The maximum atomic E-state index is 12.7. The van der Waals surface area contributed by atoms with Crippen molar-refractivity contribution in [2.24, 2.45) is 0 Å². The van der Waals surface area contributed by atoms with Gasteiger partial charge in [0.15, 0.2) is 0 Å². The highest BCUT2D eigenvalue weighted by atomic mass is 32.2. The zero-order chi connectivity index (χ0) is 19.8. The maximum Gasteiger partial charge on any atom is 0.262 e. The van der Waals surface area contributed by atoms with Gasteiger partial charge in [0.2, 0.25) is 10.0 Å². The molecule has 3 rings (SSSR count). The van der Waals surface area contributed by atoms with Crippen molar-refractivity contribution in [2.45, 2.75) is 39.7 Å². The zero-order valence-corrected chi connectivity index (χ0v) is 17.4. The van der Waals surface area contributed by atoms with Crippen molar-refractivity contribution in [1.82, 2.24) is 19.2 Å². The van der Waals surface area contributed by atoms with Gasteiger partial charge in [0.25, 0.3) is 11.5 Å². The summed E-state index contributed by atoms with van der Waals surface area (Å²) in [5.74, 6) is 0.602. The number of hydrogen-bond acceptors (Lipinski definition) is 6. The van der Waals surface area contributed by atoms with Gasteiger partial charge in [-0.1, -0.05) is 0 Å². The highest BCUT2D eigenvalue weighted by Crippen LogP contribution is 2.28. The van der Waals surface area contributed by atoms with Crippen molar-refractivity contribution in [2.75, 3.05) is 25.9 Å². The molecule has 0 spiro atoms. The third kappa shape index (κ3) is 3.78. The second-order valence-electron chi connectivity index (χ2n) is 6.66. The molecule has 3 heterocycles. The molecule has 0 saturated heterocycles. The third-order valence-electron chi connectivity index (χ3n) is 4.89. The number of carbonyl (C=O) groups is 1. The fourth-order valence-electron chi connectivity index (χ4n) is 3.24. The molecular formula is C17H24N4O4S2. The summed E-state index contributed by atoms with van der Waals surface area (Å²) < 4.78 is 26.4. The Morgan fingerprint density at radius 1 is 1.41 bits per heavy atom. The second-order valence-corrected chi connectivity index (χ2v) is 10.0. The number of nitrogens with zero attached hydrogens (tertiary/aromatic N) is 3. The molecule has 0 fully saturated rings. The minimum Gasteiger partial charge on any atom is -0.351 e. The molecule has 2 aromatic heterocycles. The summed E-state index contributed by atoms with van der Waals surface area (Å²) in [6, 6.07) is 0. The lowest BCUT2D eigenvalue weighted by molar-refractivity contribution is 0.0956. The largest absolute Gasteiger partial charge is 0.351 e. The molecular weight excluding hydrogens is 388 g/mol. The lowest BCUT2D eigenvalue weighted by atomic mass is 10.2. The number of amides is 1. The van der Waals surface area contributed by atoms with Crippen LogP contribution < -0.4 is 10.9 Å². The molecule has 0 aliphatic carbocycles. The van der Waals surface area contributed by atoms with Crippen molar-refractivity contribution >= 4 is 37.5 Å². The van der Waals surface area contributed by atoms with E-state index in [0.29, 0.717) is 46.7 Å². The lowest BCUT2D eigenvalue weighted by Gasteiger charge is -2.15. The molecule has 0 saturated carbocycles. The second kappa shape index (κ2) is 7.69. The van der Waals surface area contributed by atoms with Gasteiger partial charge in [-0.15, -0.1) is 11.3 Å². The van der Waals surface area contributed by atoms with Crippen molar-refractivity contribution in [1.29, 1.82) is 0 Å². The standard InChI is InChI=1S/C17H24N4O4S2/c1-4-27(24,25)20(3)9-6-8-18-15(22)14-11(2)13-16(26-14)19-12-7-5-10-21(12)17(13)23/h4-10H2,1-3H3,(H,18,22). The molecule has 1 aliphatic heterocycles. The number of carbonyl (C=O) groups excluding carboxylic acids is 1. The number of rotatable bonds is 7. The highest BCUT2D eigenvalue weighted by molar-refractivity contribution is 7.89. The molecule has 1 aliphatic rings. The highest BCUT2D eigenvalue weighted by Gasteiger charge is 2.23. The van der Waals surface area contributed by atoms with E-state index in [2.05, 4.69) is 10.3 Å². The smallest absolute Gasteiger partial charge is 0.262 e. The van der Waals surface area contributed by atoms with Crippen molar-refractivity contribution in [3.8, 4) is 0 Å². The number of sulfonamides is 1. The lowest BCUT2D eigenvalue weighted by Crippen LogP contribution is -2.32. The average molecular weight is 413 g/mol. The Morgan fingerprint density at radius 2 is 2.15 bits per heavy atom. The zero-order valence-electron chi connectivity index (χ0n) is 15.7. The van der Waals surface area contributed by atoms with E-state index >= 15 is 0 Å². The van der Waals surface area contributed by atoms with E-state index in [1.807, 2.05) is 0 Å². The minimum atomic E-state index is -3.21. The predicted molar refractivity (Wildman–Crippen MR) is 106 cm³/mol. The minimum absolute atomic E-state index is 0.0589. The Kier molecular flexibility index (Phi) is 5.68. The molecule has 1 amide bonds. The van der Waals surface area contributed by atoms with Gasteiger partial charge in [-0.2, -0.15) is 0 Å². The molecule has 0 unspecified atom stereocenters. The molecule has 1 N–H and O–H groups in total. The van der Waals surface area contributed by atoms with Crippen LogP contribution in [-0.2, 0) is 23.0 Å². The Morgan fingerprint density at radius 3 is 2.85 bits per heavy atom. The van der Waals surface area contributed by atoms with Crippen LogP contribution in [0.15, 0.2) is 4.79 Å². The van der Waals surface area contributed by atoms with Gasteiger partial charge < -0.3 is 5.32 Å².